The molecule has 0 saturated heterocycles. The highest BCUT2D eigenvalue weighted by Gasteiger charge is 1.98. The summed E-state index contributed by atoms with van der Waals surface area (Å²) in [6, 6.07) is 3.04. The number of aromatic amines is 1. The molecule has 66 valence electrons. The quantitative estimate of drug-likeness (QED) is 0.632. The molecule has 13 heavy (non-hydrogen) atoms. The van der Waals surface area contributed by atoms with Crippen LogP contribution < -0.4 is 5.56 Å². The number of rotatable bonds is 1. The van der Waals surface area contributed by atoms with Crippen molar-refractivity contribution in [1.29, 1.82) is 0 Å². The van der Waals surface area contributed by atoms with E-state index in [1.165, 1.54) is 6.07 Å². The van der Waals surface area contributed by atoms with Gasteiger partial charge in [-0.05, 0) is 6.07 Å². The highest BCUT2D eigenvalue weighted by atomic mass is 16.3. The molecule has 0 aliphatic carbocycles. The Labute approximate surface area is 73.1 Å². The van der Waals surface area contributed by atoms with E-state index in [1.807, 2.05) is 0 Å². The lowest BCUT2D eigenvalue weighted by Gasteiger charge is -1.97. The van der Waals surface area contributed by atoms with Crippen LogP contribution >= 0.6 is 0 Å². The molecule has 5 heteroatoms. The minimum atomic E-state index is -0.229. The predicted octanol–water partition coefficient (Wildman–Crippen LogP) is -0.190. The highest BCUT2D eigenvalue weighted by Crippen LogP contribution is 2.04. The third-order valence-electron chi connectivity index (χ3n) is 1.66. The Hall–Kier alpha value is -1.75. The van der Waals surface area contributed by atoms with Gasteiger partial charge in [-0.3, -0.25) is 4.79 Å². The van der Waals surface area contributed by atoms with Gasteiger partial charge < -0.3 is 10.1 Å². The van der Waals surface area contributed by atoms with Gasteiger partial charge in [0, 0.05) is 17.6 Å². The molecule has 0 aliphatic heterocycles. The Bertz CT molecular complexity index is 492. The van der Waals surface area contributed by atoms with E-state index in [4.69, 9.17) is 5.11 Å². The zero-order valence-electron chi connectivity index (χ0n) is 6.69. The van der Waals surface area contributed by atoms with Crippen LogP contribution in [0, 0.1) is 0 Å². The van der Waals surface area contributed by atoms with Gasteiger partial charge in [0.05, 0.1) is 0 Å². The van der Waals surface area contributed by atoms with Gasteiger partial charge in [-0.2, -0.15) is 0 Å². The summed E-state index contributed by atoms with van der Waals surface area (Å²) in [6.07, 6.45) is 1.56. The molecule has 0 spiro atoms. The summed E-state index contributed by atoms with van der Waals surface area (Å²) < 4.78 is 0. The Kier molecular flexibility index (Phi) is 1.79. The lowest BCUT2D eigenvalue weighted by atomic mass is 10.3. The maximum Gasteiger partial charge on any atom is 0.249 e. The molecule has 2 aromatic heterocycles. The number of hydrogen-bond donors (Lipinski definition) is 2. The fourth-order valence-corrected chi connectivity index (χ4v) is 1.05. The van der Waals surface area contributed by atoms with E-state index in [0.29, 0.717) is 11.5 Å². The van der Waals surface area contributed by atoms with Crippen LogP contribution in [0.15, 0.2) is 23.1 Å². The Morgan fingerprint density at radius 1 is 1.46 bits per heavy atom. The molecular formula is C8H7N3O2. The molecule has 0 aliphatic rings. The molecule has 0 radical (unpaired) electrons. The fourth-order valence-electron chi connectivity index (χ4n) is 1.05. The number of pyridine rings is 1. The van der Waals surface area contributed by atoms with E-state index in [0.717, 1.165) is 5.39 Å². The normalized spacial score (nSPS) is 10.5. The molecule has 2 rings (SSSR count). The van der Waals surface area contributed by atoms with Crippen molar-refractivity contribution in [2.24, 2.45) is 0 Å². The Morgan fingerprint density at radius 3 is 3.08 bits per heavy atom. The molecule has 0 atom stereocenters. The lowest BCUT2D eigenvalue weighted by molar-refractivity contribution is 0.271. The van der Waals surface area contributed by atoms with Crippen LogP contribution in [-0.2, 0) is 6.61 Å². The maximum absolute atomic E-state index is 10.9. The van der Waals surface area contributed by atoms with E-state index >= 15 is 0 Å². The Morgan fingerprint density at radius 2 is 2.31 bits per heavy atom. The first-order chi connectivity index (χ1) is 6.29. The molecule has 0 aromatic carbocycles. The van der Waals surface area contributed by atoms with E-state index in [-0.39, 0.29) is 12.2 Å². The average Bonchev–Trinajstić information content (AvgIpc) is 2.16. The van der Waals surface area contributed by atoms with Crippen LogP contribution in [0.25, 0.3) is 11.0 Å². The number of fused-ring (bicyclic) bond motifs is 1. The number of H-pyrrole nitrogens is 1. The lowest BCUT2D eigenvalue weighted by Crippen LogP contribution is -2.05. The fraction of sp³-hybridized carbons (Fsp3) is 0.125. The van der Waals surface area contributed by atoms with E-state index in [9.17, 15) is 4.79 Å². The first-order valence-electron chi connectivity index (χ1n) is 3.75. The molecule has 0 saturated carbocycles. The smallest absolute Gasteiger partial charge is 0.249 e. The SMILES string of the molecule is O=c1ccc2cnc(CO)nc2[nH]1. The molecule has 2 heterocycles. The zero-order valence-corrected chi connectivity index (χ0v) is 6.69. The number of aromatic nitrogens is 3. The van der Waals surface area contributed by atoms with Crippen molar-refractivity contribution >= 4 is 11.0 Å². The van der Waals surface area contributed by atoms with Crippen molar-refractivity contribution in [3.63, 3.8) is 0 Å². The summed E-state index contributed by atoms with van der Waals surface area (Å²) in [5.41, 5.74) is 0.238. The van der Waals surface area contributed by atoms with Gasteiger partial charge in [0.2, 0.25) is 5.56 Å². The van der Waals surface area contributed by atoms with E-state index in [2.05, 4.69) is 15.0 Å². The van der Waals surface area contributed by atoms with Gasteiger partial charge in [-0.15, -0.1) is 0 Å². The summed E-state index contributed by atoms with van der Waals surface area (Å²) in [6.45, 7) is -0.229. The van der Waals surface area contributed by atoms with Gasteiger partial charge >= 0.3 is 0 Å². The molecule has 0 bridgehead atoms. The van der Waals surface area contributed by atoms with E-state index < -0.39 is 0 Å². The molecule has 2 aromatic rings. The molecule has 5 nitrogen and oxygen atoms in total. The van der Waals surface area contributed by atoms with Crippen molar-refractivity contribution in [3.8, 4) is 0 Å². The number of hydrogen-bond acceptors (Lipinski definition) is 4. The second-order valence-electron chi connectivity index (χ2n) is 2.57. The molecular weight excluding hydrogens is 170 g/mol. The number of aliphatic hydroxyl groups excluding tert-OH is 1. The van der Waals surface area contributed by atoms with Crippen molar-refractivity contribution < 1.29 is 5.11 Å². The van der Waals surface area contributed by atoms with Crippen LogP contribution in [0.4, 0.5) is 0 Å². The first kappa shape index (κ1) is 7.88. The largest absolute Gasteiger partial charge is 0.388 e. The second kappa shape index (κ2) is 2.95. The van der Waals surface area contributed by atoms with Gasteiger partial charge in [-0.25, -0.2) is 9.97 Å². The molecule has 0 fully saturated rings. The standard InChI is InChI=1S/C8H7N3O2/c12-4-6-9-3-5-1-2-7(13)11-8(5)10-6/h1-3,12H,4H2,(H,9,10,11,13). The molecule has 2 N–H and O–H groups in total. The van der Waals surface area contributed by atoms with E-state index in [1.54, 1.807) is 12.3 Å². The molecule has 0 amide bonds. The number of nitrogens with one attached hydrogen (secondary N) is 1. The number of aliphatic hydroxyl groups is 1. The number of nitrogens with zero attached hydrogens (tertiary/aromatic N) is 2. The maximum atomic E-state index is 10.9. The average molecular weight is 177 g/mol. The Balaban J connectivity index is 2.75. The third kappa shape index (κ3) is 1.41. The highest BCUT2D eigenvalue weighted by molar-refractivity contribution is 5.72. The van der Waals surface area contributed by atoms with Crippen molar-refractivity contribution in [2.45, 2.75) is 6.61 Å². The molecule has 0 unspecified atom stereocenters. The van der Waals surface area contributed by atoms with Crippen LogP contribution in [0.2, 0.25) is 0 Å². The van der Waals surface area contributed by atoms with Crippen LogP contribution in [0.1, 0.15) is 5.82 Å². The van der Waals surface area contributed by atoms with Crippen LogP contribution in [0.3, 0.4) is 0 Å². The van der Waals surface area contributed by atoms with Crippen molar-refractivity contribution in [3.05, 3.63) is 34.5 Å². The van der Waals surface area contributed by atoms with Crippen LogP contribution in [0.5, 0.6) is 0 Å². The summed E-state index contributed by atoms with van der Waals surface area (Å²) >= 11 is 0. The van der Waals surface area contributed by atoms with Gasteiger partial charge in [0.15, 0.2) is 5.82 Å². The predicted molar refractivity (Wildman–Crippen MR) is 46.1 cm³/mol. The third-order valence-corrected chi connectivity index (χ3v) is 1.66. The summed E-state index contributed by atoms with van der Waals surface area (Å²) in [5, 5.41) is 9.50. The topological polar surface area (TPSA) is 78.9 Å². The summed E-state index contributed by atoms with van der Waals surface area (Å²) in [5.74, 6) is 0.300. The zero-order chi connectivity index (χ0) is 9.26. The summed E-state index contributed by atoms with van der Waals surface area (Å²) in [7, 11) is 0. The van der Waals surface area contributed by atoms with Crippen LogP contribution in [-0.4, -0.2) is 20.1 Å². The summed E-state index contributed by atoms with van der Waals surface area (Å²) in [4.78, 5) is 21.3. The van der Waals surface area contributed by atoms with Crippen molar-refractivity contribution in [1.82, 2.24) is 15.0 Å². The van der Waals surface area contributed by atoms with Gasteiger partial charge in [0.1, 0.15) is 12.3 Å². The van der Waals surface area contributed by atoms with Gasteiger partial charge in [-0.1, -0.05) is 0 Å². The second-order valence-corrected chi connectivity index (χ2v) is 2.57. The minimum absolute atomic E-state index is 0.213. The monoisotopic (exact) mass is 177 g/mol. The minimum Gasteiger partial charge on any atom is -0.388 e. The van der Waals surface area contributed by atoms with Crippen molar-refractivity contribution in [2.75, 3.05) is 0 Å². The van der Waals surface area contributed by atoms with Gasteiger partial charge in [0.25, 0.3) is 0 Å². The first-order valence-corrected chi connectivity index (χ1v) is 3.75.